The lowest BCUT2D eigenvalue weighted by Crippen LogP contribution is -2.26. The van der Waals surface area contributed by atoms with Crippen molar-refractivity contribution in [1.29, 1.82) is 0 Å². The van der Waals surface area contributed by atoms with E-state index in [1.165, 1.54) is 23.6 Å². The minimum atomic E-state index is -3.86. The monoisotopic (exact) mass is 329 g/mol. The first-order valence-corrected chi connectivity index (χ1v) is 8.25. The van der Waals surface area contributed by atoms with Crippen LogP contribution in [0.3, 0.4) is 0 Å². The van der Waals surface area contributed by atoms with Gasteiger partial charge in [0.05, 0.1) is 4.90 Å². The van der Waals surface area contributed by atoms with E-state index in [1.807, 2.05) is 0 Å². The lowest BCUT2D eigenvalue weighted by molar-refractivity contribution is 0.0702. The normalized spacial score (nSPS) is 13.0. The fourth-order valence-electron chi connectivity index (χ4n) is 1.72. The van der Waals surface area contributed by atoms with Crippen LogP contribution in [0.1, 0.15) is 28.2 Å². The summed E-state index contributed by atoms with van der Waals surface area (Å²) in [5.74, 6) is -1.64. The number of carboxylic acid groups (broad SMARTS) is 1. The lowest BCUT2D eigenvalue weighted by atomic mass is 10.1. The van der Waals surface area contributed by atoms with E-state index in [4.69, 9.17) is 5.11 Å². The zero-order chi connectivity index (χ0) is 15.6. The van der Waals surface area contributed by atoms with Crippen LogP contribution in [0.15, 0.2) is 40.6 Å². The number of halogens is 1. The summed E-state index contributed by atoms with van der Waals surface area (Å²) in [6, 6.07) is 6.05. The van der Waals surface area contributed by atoms with Crippen LogP contribution in [-0.4, -0.2) is 19.5 Å². The molecule has 0 aliphatic rings. The number of hydrogen-bond donors (Lipinski definition) is 2. The zero-order valence-electron chi connectivity index (χ0n) is 10.9. The third-order valence-corrected chi connectivity index (χ3v) is 5.36. The summed E-state index contributed by atoms with van der Waals surface area (Å²) in [7, 11) is -3.86. The molecule has 2 rings (SSSR count). The van der Waals surface area contributed by atoms with Crippen LogP contribution < -0.4 is 4.72 Å². The van der Waals surface area contributed by atoms with Gasteiger partial charge in [0, 0.05) is 11.4 Å². The average Bonchev–Trinajstić information content (AvgIpc) is 2.88. The number of thiophene rings is 1. The van der Waals surface area contributed by atoms with E-state index in [-0.39, 0.29) is 9.77 Å². The topological polar surface area (TPSA) is 83.5 Å². The van der Waals surface area contributed by atoms with Gasteiger partial charge in [-0.25, -0.2) is 22.3 Å². The molecule has 0 bridgehead atoms. The van der Waals surface area contributed by atoms with Gasteiger partial charge >= 0.3 is 5.97 Å². The molecule has 0 radical (unpaired) electrons. The van der Waals surface area contributed by atoms with E-state index >= 15 is 0 Å². The number of carbonyl (C=O) groups is 1. The fourth-order valence-corrected chi connectivity index (χ4v) is 4.06. The van der Waals surface area contributed by atoms with Gasteiger partial charge < -0.3 is 5.11 Å². The van der Waals surface area contributed by atoms with Crippen molar-refractivity contribution in [2.24, 2.45) is 0 Å². The Kier molecular flexibility index (Phi) is 4.40. The number of nitrogens with one attached hydrogen (secondary N) is 1. The van der Waals surface area contributed by atoms with Gasteiger partial charge in [0.2, 0.25) is 10.0 Å². The van der Waals surface area contributed by atoms with Gasteiger partial charge in [-0.15, -0.1) is 11.3 Å². The van der Waals surface area contributed by atoms with Gasteiger partial charge in [0.15, 0.2) is 0 Å². The highest BCUT2D eigenvalue weighted by molar-refractivity contribution is 7.89. The smallest absolute Gasteiger partial charge is 0.345 e. The van der Waals surface area contributed by atoms with Crippen LogP contribution in [0.2, 0.25) is 0 Å². The molecule has 2 N–H and O–H groups in total. The fraction of sp³-hybridized carbons (Fsp3) is 0.154. The van der Waals surface area contributed by atoms with Crippen LogP contribution in [0.4, 0.5) is 4.39 Å². The molecule has 0 amide bonds. The Bertz CT molecular complexity index is 770. The molecule has 0 saturated carbocycles. The van der Waals surface area contributed by atoms with Crippen molar-refractivity contribution in [3.05, 3.63) is 52.0 Å². The number of carboxylic acids is 1. The molecule has 0 spiro atoms. The molecule has 1 aromatic carbocycles. The highest BCUT2D eigenvalue weighted by Gasteiger charge is 2.21. The van der Waals surface area contributed by atoms with Crippen molar-refractivity contribution in [2.75, 3.05) is 0 Å². The van der Waals surface area contributed by atoms with Crippen molar-refractivity contribution < 1.29 is 22.7 Å². The second kappa shape index (κ2) is 5.92. The molecule has 0 aliphatic carbocycles. The van der Waals surface area contributed by atoms with Gasteiger partial charge in [-0.3, -0.25) is 0 Å². The minimum absolute atomic E-state index is 0.0613. The van der Waals surface area contributed by atoms with Gasteiger partial charge in [-0.2, -0.15) is 0 Å². The molecule has 1 aromatic heterocycles. The Balaban J connectivity index is 2.22. The SMILES string of the molecule is CC(NS(=O)(=O)c1csc(C(=O)O)c1)c1cccc(F)c1. The molecule has 112 valence electrons. The quantitative estimate of drug-likeness (QED) is 0.883. The van der Waals surface area contributed by atoms with Crippen molar-refractivity contribution >= 4 is 27.3 Å². The summed E-state index contributed by atoms with van der Waals surface area (Å²) in [6.45, 7) is 1.58. The third-order valence-electron chi connectivity index (χ3n) is 2.78. The molecule has 5 nitrogen and oxygen atoms in total. The molecule has 21 heavy (non-hydrogen) atoms. The van der Waals surface area contributed by atoms with Crippen LogP contribution >= 0.6 is 11.3 Å². The van der Waals surface area contributed by atoms with E-state index in [1.54, 1.807) is 13.0 Å². The first-order valence-electron chi connectivity index (χ1n) is 5.89. The molecule has 0 fully saturated rings. The third kappa shape index (κ3) is 3.66. The standard InChI is InChI=1S/C13H12FNO4S2/c1-8(9-3-2-4-10(14)5-9)15-21(18,19)11-6-12(13(16)17)20-7-11/h2-8,15H,1H3,(H,16,17). The number of hydrogen-bond acceptors (Lipinski definition) is 4. The van der Waals surface area contributed by atoms with Gasteiger partial charge in [-0.1, -0.05) is 12.1 Å². The van der Waals surface area contributed by atoms with Crippen LogP contribution in [0, 0.1) is 5.82 Å². The van der Waals surface area contributed by atoms with Crippen molar-refractivity contribution in [1.82, 2.24) is 4.72 Å². The number of sulfonamides is 1. The Morgan fingerprint density at radius 3 is 2.67 bits per heavy atom. The second-order valence-corrected chi connectivity index (χ2v) is 6.98. The summed E-state index contributed by atoms with van der Waals surface area (Å²) < 4.78 is 39.8. The molecular formula is C13H12FNO4S2. The van der Waals surface area contributed by atoms with E-state index < -0.39 is 27.9 Å². The van der Waals surface area contributed by atoms with Crippen molar-refractivity contribution in [2.45, 2.75) is 17.9 Å². The summed E-state index contributed by atoms with van der Waals surface area (Å²) in [5, 5.41) is 10.1. The van der Waals surface area contributed by atoms with E-state index in [0.29, 0.717) is 5.56 Å². The maximum Gasteiger partial charge on any atom is 0.345 e. The largest absolute Gasteiger partial charge is 0.477 e. The molecule has 1 atom stereocenters. The molecule has 8 heteroatoms. The van der Waals surface area contributed by atoms with Gasteiger partial charge in [-0.05, 0) is 30.7 Å². The highest BCUT2D eigenvalue weighted by Crippen LogP contribution is 2.22. The first-order chi connectivity index (χ1) is 9.79. The second-order valence-electron chi connectivity index (χ2n) is 4.35. The summed E-state index contributed by atoms with van der Waals surface area (Å²) in [5.41, 5.74) is 0.479. The van der Waals surface area contributed by atoms with Gasteiger partial charge in [0.1, 0.15) is 10.7 Å². The number of benzene rings is 1. The highest BCUT2D eigenvalue weighted by atomic mass is 32.2. The van der Waals surface area contributed by atoms with E-state index in [9.17, 15) is 17.6 Å². The minimum Gasteiger partial charge on any atom is -0.477 e. The predicted octanol–water partition coefficient (Wildman–Crippen LogP) is 2.62. The molecule has 1 unspecified atom stereocenters. The first kappa shape index (κ1) is 15.6. The molecule has 2 aromatic rings. The number of aromatic carboxylic acids is 1. The Labute approximate surface area is 125 Å². The van der Waals surface area contributed by atoms with Gasteiger partial charge in [0.25, 0.3) is 0 Å². The lowest BCUT2D eigenvalue weighted by Gasteiger charge is -2.14. The van der Waals surface area contributed by atoms with E-state index in [2.05, 4.69) is 4.72 Å². The summed E-state index contributed by atoms with van der Waals surface area (Å²) in [4.78, 5) is 10.6. The Morgan fingerprint density at radius 1 is 1.38 bits per heavy atom. The average molecular weight is 329 g/mol. The number of rotatable bonds is 5. The predicted molar refractivity (Wildman–Crippen MR) is 76.4 cm³/mol. The van der Waals surface area contributed by atoms with Crippen molar-refractivity contribution in [3.63, 3.8) is 0 Å². The zero-order valence-corrected chi connectivity index (χ0v) is 12.5. The summed E-state index contributed by atoms with van der Waals surface area (Å²) in [6.07, 6.45) is 0. The molecular weight excluding hydrogens is 317 g/mol. The molecule has 0 saturated heterocycles. The van der Waals surface area contributed by atoms with Crippen LogP contribution in [0.25, 0.3) is 0 Å². The van der Waals surface area contributed by atoms with Crippen LogP contribution in [0.5, 0.6) is 0 Å². The van der Waals surface area contributed by atoms with E-state index in [0.717, 1.165) is 17.4 Å². The van der Waals surface area contributed by atoms with Crippen LogP contribution in [-0.2, 0) is 10.0 Å². The van der Waals surface area contributed by atoms with Crippen molar-refractivity contribution in [3.8, 4) is 0 Å². The Morgan fingerprint density at radius 2 is 2.10 bits per heavy atom. The maximum atomic E-state index is 13.1. The Hall–Kier alpha value is -1.77. The summed E-state index contributed by atoms with van der Waals surface area (Å²) >= 11 is 0.831. The molecule has 0 aliphatic heterocycles. The maximum absolute atomic E-state index is 13.1. The molecule has 1 heterocycles.